The van der Waals surface area contributed by atoms with Gasteiger partial charge in [0.15, 0.2) is 11.5 Å². The van der Waals surface area contributed by atoms with E-state index in [4.69, 9.17) is 25.8 Å². The lowest BCUT2D eigenvalue weighted by atomic mass is 10.1. The van der Waals surface area contributed by atoms with Crippen molar-refractivity contribution < 1.29 is 19.0 Å². The van der Waals surface area contributed by atoms with Gasteiger partial charge in [-0.05, 0) is 43.1 Å². The molecule has 34 heavy (non-hydrogen) atoms. The fraction of sp³-hybridized carbons (Fsp3) is 0.520. The van der Waals surface area contributed by atoms with Crippen LogP contribution in [-0.2, 0) is 16.1 Å². The Morgan fingerprint density at radius 1 is 1.18 bits per heavy atom. The van der Waals surface area contributed by atoms with Crippen molar-refractivity contribution in [2.75, 3.05) is 46.2 Å². The Morgan fingerprint density at radius 2 is 2.00 bits per heavy atom. The third-order valence-electron chi connectivity index (χ3n) is 6.85. The van der Waals surface area contributed by atoms with Crippen molar-refractivity contribution in [3.63, 3.8) is 0 Å². The second kappa shape index (κ2) is 10.9. The van der Waals surface area contributed by atoms with Crippen LogP contribution in [0.1, 0.15) is 36.6 Å². The topological polar surface area (TPSA) is 76.2 Å². The Labute approximate surface area is 205 Å². The highest BCUT2D eigenvalue weighted by molar-refractivity contribution is 6.31. The zero-order valence-electron chi connectivity index (χ0n) is 19.2. The molecule has 2 fully saturated rings. The molecule has 3 aliphatic rings. The molecule has 2 saturated heterocycles. The molecule has 182 valence electrons. The number of amides is 1. The van der Waals surface area contributed by atoms with Crippen LogP contribution in [0.4, 0.5) is 0 Å². The molecule has 0 unspecified atom stereocenters. The smallest absolute Gasteiger partial charge is 0.231 e. The van der Waals surface area contributed by atoms with E-state index in [1.165, 1.54) is 0 Å². The fourth-order valence-corrected chi connectivity index (χ4v) is 5.20. The maximum Gasteiger partial charge on any atom is 0.231 e. The molecule has 0 aliphatic carbocycles. The first-order valence-corrected chi connectivity index (χ1v) is 12.4. The van der Waals surface area contributed by atoms with Gasteiger partial charge in [0, 0.05) is 55.9 Å². The summed E-state index contributed by atoms with van der Waals surface area (Å²) in [6.45, 7) is 5.47. The van der Waals surface area contributed by atoms with Crippen LogP contribution in [0.25, 0.3) is 0 Å². The molecule has 1 aromatic heterocycles. The number of nitrogens with one attached hydrogen (secondary N) is 1. The predicted octanol–water partition coefficient (Wildman–Crippen LogP) is 3.01. The number of nitrogens with zero attached hydrogens (tertiary/aromatic N) is 3. The van der Waals surface area contributed by atoms with Crippen molar-refractivity contribution >= 4 is 17.5 Å². The number of hydrogen-bond donors (Lipinski definition) is 1. The lowest BCUT2D eigenvalue weighted by Crippen LogP contribution is -2.46. The number of fused-ring (bicyclic) bond motifs is 1. The molecule has 1 aromatic carbocycles. The predicted molar refractivity (Wildman–Crippen MR) is 128 cm³/mol. The second-order valence-corrected chi connectivity index (χ2v) is 9.33. The van der Waals surface area contributed by atoms with Gasteiger partial charge in [0.2, 0.25) is 12.7 Å². The Hall–Kier alpha value is -2.39. The van der Waals surface area contributed by atoms with Crippen LogP contribution in [0.15, 0.2) is 36.5 Å². The molecule has 1 N–H and O–H groups in total. The van der Waals surface area contributed by atoms with Crippen LogP contribution in [0.3, 0.4) is 0 Å². The number of hydrogen-bond acceptors (Lipinski definition) is 7. The number of morpholine rings is 1. The summed E-state index contributed by atoms with van der Waals surface area (Å²) in [6, 6.07) is 10.1. The van der Waals surface area contributed by atoms with E-state index in [2.05, 4.69) is 26.2 Å². The molecule has 0 bridgehead atoms. The van der Waals surface area contributed by atoms with Crippen LogP contribution < -0.4 is 14.8 Å². The largest absolute Gasteiger partial charge is 0.454 e. The summed E-state index contributed by atoms with van der Waals surface area (Å²) in [4.78, 5) is 21.9. The Kier molecular flexibility index (Phi) is 7.49. The van der Waals surface area contributed by atoms with E-state index in [1.807, 2.05) is 30.5 Å². The number of benzene rings is 1. The van der Waals surface area contributed by atoms with Gasteiger partial charge in [-0.2, -0.15) is 0 Å². The van der Waals surface area contributed by atoms with Crippen molar-refractivity contribution in [2.24, 2.45) is 0 Å². The highest BCUT2D eigenvalue weighted by atomic mass is 35.5. The highest BCUT2D eigenvalue weighted by Gasteiger charge is 2.35. The maximum atomic E-state index is 12.8. The lowest BCUT2D eigenvalue weighted by Gasteiger charge is -2.37. The normalized spacial score (nSPS) is 21.3. The third kappa shape index (κ3) is 5.30. The van der Waals surface area contributed by atoms with Gasteiger partial charge >= 0.3 is 0 Å². The van der Waals surface area contributed by atoms with Crippen molar-refractivity contribution in [1.82, 2.24) is 20.1 Å². The van der Waals surface area contributed by atoms with Gasteiger partial charge in [-0.25, -0.2) is 0 Å². The van der Waals surface area contributed by atoms with E-state index in [0.717, 1.165) is 49.5 Å². The summed E-state index contributed by atoms with van der Waals surface area (Å²) in [5.41, 5.74) is 1.99. The molecular weight excluding hydrogens is 456 g/mol. The van der Waals surface area contributed by atoms with Crippen LogP contribution in [0.2, 0.25) is 5.02 Å². The average Bonchev–Trinajstić information content (AvgIpc) is 3.47. The van der Waals surface area contributed by atoms with Crippen molar-refractivity contribution in [3.8, 4) is 11.5 Å². The van der Waals surface area contributed by atoms with Gasteiger partial charge in [-0.1, -0.05) is 17.7 Å². The van der Waals surface area contributed by atoms with Gasteiger partial charge in [-0.3, -0.25) is 14.7 Å². The Morgan fingerprint density at radius 3 is 2.79 bits per heavy atom. The molecule has 0 saturated carbocycles. The minimum absolute atomic E-state index is 0.0787. The van der Waals surface area contributed by atoms with Crippen molar-refractivity contribution in [3.05, 3.63) is 52.8 Å². The Balaban J connectivity index is 1.19. The minimum atomic E-state index is 0.0787. The number of carbonyl (C=O) groups excluding carboxylic acids is 1. The van der Waals surface area contributed by atoms with E-state index in [0.29, 0.717) is 43.5 Å². The van der Waals surface area contributed by atoms with Crippen LogP contribution >= 0.6 is 11.6 Å². The van der Waals surface area contributed by atoms with Gasteiger partial charge in [0.05, 0.1) is 24.9 Å². The lowest BCUT2D eigenvalue weighted by molar-refractivity contribution is -0.130. The molecule has 0 spiro atoms. The van der Waals surface area contributed by atoms with E-state index in [1.54, 1.807) is 0 Å². The van der Waals surface area contributed by atoms with Crippen LogP contribution in [0, 0.1) is 0 Å². The number of carbonyl (C=O) groups is 1. The zero-order valence-corrected chi connectivity index (χ0v) is 20.0. The SMILES string of the molecule is O=C1CC[C@@H](CCNCc2cc3c(cc2Cl)OCO3)N1C[C@H](c1ccccn1)N1CCOCC1. The number of aromatic nitrogens is 1. The van der Waals surface area contributed by atoms with Gasteiger partial charge in [-0.15, -0.1) is 0 Å². The first kappa shape index (κ1) is 23.4. The van der Waals surface area contributed by atoms with Crippen molar-refractivity contribution in [1.29, 1.82) is 0 Å². The van der Waals surface area contributed by atoms with E-state index in [-0.39, 0.29) is 24.8 Å². The minimum Gasteiger partial charge on any atom is -0.454 e. The third-order valence-corrected chi connectivity index (χ3v) is 7.20. The maximum absolute atomic E-state index is 12.8. The quantitative estimate of drug-likeness (QED) is 0.546. The summed E-state index contributed by atoms with van der Waals surface area (Å²) in [5, 5.41) is 4.15. The summed E-state index contributed by atoms with van der Waals surface area (Å²) >= 11 is 6.40. The molecule has 3 aliphatic heterocycles. The monoisotopic (exact) mass is 486 g/mol. The number of likely N-dealkylation sites (tertiary alicyclic amines) is 1. The molecular formula is C25H31ClN4O4. The molecule has 2 aromatic rings. The number of halogens is 1. The standard InChI is InChI=1S/C25H31ClN4O4/c26-20-14-24-23(33-17-34-24)13-18(20)15-27-8-6-19-4-5-25(31)30(19)16-22(21-3-1-2-7-28-21)29-9-11-32-12-10-29/h1-3,7,13-14,19,22,27H,4-6,8-12,15-17H2/t19-,22+/m0/s1. The average molecular weight is 487 g/mol. The fourth-order valence-electron chi connectivity index (χ4n) is 4.98. The summed E-state index contributed by atoms with van der Waals surface area (Å²) in [7, 11) is 0. The summed E-state index contributed by atoms with van der Waals surface area (Å²) in [6.07, 6.45) is 4.23. The highest BCUT2D eigenvalue weighted by Crippen LogP contribution is 2.36. The first-order valence-electron chi connectivity index (χ1n) is 12.0. The van der Waals surface area contributed by atoms with E-state index in [9.17, 15) is 4.79 Å². The molecule has 4 heterocycles. The van der Waals surface area contributed by atoms with Crippen molar-refractivity contribution in [2.45, 2.75) is 37.9 Å². The van der Waals surface area contributed by atoms with E-state index >= 15 is 0 Å². The molecule has 2 atom stereocenters. The van der Waals surface area contributed by atoms with Crippen LogP contribution in [0.5, 0.6) is 11.5 Å². The number of pyridine rings is 1. The molecule has 8 nitrogen and oxygen atoms in total. The number of rotatable bonds is 9. The summed E-state index contributed by atoms with van der Waals surface area (Å²) in [5.74, 6) is 1.66. The zero-order chi connectivity index (χ0) is 23.3. The molecule has 0 radical (unpaired) electrons. The first-order chi connectivity index (χ1) is 16.7. The second-order valence-electron chi connectivity index (χ2n) is 8.92. The molecule has 1 amide bonds. The van der Waals surface area contributed by atoms with Gasteiger partial charge < -0.3 is 24.4 Å². The van der Waals surface area contributed by atoms with Crippen LogP contribution in [-0.4, -0.2) is 72.9 Å². The number of ether oxygens (including phenoxy) is 3. The molecule has 9 heteroatoms. The van der Waals surface area contributed by atoms with E-state index < -0.39 is 0 Å². The Bertz CT molecular complexity index is 986. The van der Waals surface area contributed by atoms with Gasteiger partial charge in [0.1, 0.15) is 0 Å². The molecule has 5 rings (SSSR count). The van der Waals surface area contributed by atoms with Gasteiger partial charge in [0.25, 0.3) is 0 Å². The summed E-state index contributed by atoms with van der Waals surface area (Å²) < 4.78 is 16.4.